The van der Waals surface area contributed by atoms with Gasteiger partial charge in [-0.15, -0.1) is 0 Å². The molecule has 21 heavy (non-hydrogen) atoms. The van der Waals surface area contributed by atoms with Crippen LogP contribution in [0.1, 0.15) is 17.2 Å². The largest absolute Gasteiger partial charge is 0.508 e. The molecule has 0 bridgehead atoms. The minimum atomic E-state index is -0.836. The fourth-order valence-electron chi connectivity index (χ4n) is 2.18. The Bertz CT molecular complexity index is 624. The predicted molar refractivity (Wildman–Crippen MR) is 78.0 cm³/mol. The summed E-state index contributed by atoms with van der Waals surface area (Å²) in [6.07, 6.45) is -0.527. The Balaban J connectivity index is 2.27. The molecule has 2 aromatic carbocycles. The smallest absolute Gasteiger partial charge is 0.203 e. The van der Waals surface area contributed by atoms with E-state index in [1.54, 1.807) is 24.3 Å². The maximum atomic E-state index is 10.3. The summed E-state index contributed by atoms with van der Waals surface area (Å²) in [7, 11) is 2.89. The number of rotatable bonds is 5. The molecule has 0 amide bonds. The van der Waals surface area contributed by atoms with Crippen LogP contribution in [0.5, 0.6) is 23.0 Å². The highest BCUT2D eigenvalue weighted by atomic mass is 16.5. The number of aliphatic hydroxyl groups is 1. The van der Waals surface area contributed by atoms with E-state index in [4.69, 9.17) is 9.47 Å². The van der Waals surface area contributed by atoms with Gasteiger partial charge in [0.25, 0.3) is 0 Å². The van der Waals surface area contributed by atoms with Crippen molar-refractivity contribution in [2.75, 3.05) is 14.2 Å². The molecule has 5 nitrogen and oxygen atoms in total. The lowest BCUT2D eigenvalue weighted by molar-refractivity contribution is 0.177. The number of aromatic hydroxyl groups is 2. The number of methoxy groups -OCH3 is 2. The molecule has 1 atom stereocenters. The molecular formula is C16H18O5. The van der Waals surface area contributed by atoms with Crippen molar-refractivity contribution in [3.8, 4) is 23.0 Å². The second-order valence-corrected chi connectivity index (χ2v) is 4.67. The molecule has 0 unspecified atom stereocenters. The van der Waals surface area contributed by atoms with Crippen molar-refractivity contribution in [2.45, 2.75) is 12.5 Å². The first-order valence-electron chi connectivity index (χ1n) is 6.46. The summed E-state index contributed by atoms with van der Waals surface area (Å²) in [5.41, 5.74) is 1.30. The van der Waals surface area contributed by atoms with Gasteiger partial charge < -0.3 is 24.8 Å². The quantitative estimate of drug-likeness (QED) is 0.788. The zero-order valence-electron chi connectivity index (χ0n) is 11.9. The Labute approximate surface area is 123 Å². The summed E-state index contributed by atoms with van der Waals surface area (Å²) in [5.74, 6) is 0.630. The number of hydrogen-bond acceptors (Lipinski definition) is 5. The molecule has 0 fully saturated rings. The Morgan fingerprint density at radius 2 is 1.81 bits per heavy atom. The third kappa shape index (κ3) is 3.38. The van der Waals surface area contributed by atoms with E-state index in [9.17, 15) is 15.3 Å². The fraction of sp³-hybridized carbons (Fsp3) is 0.250. The summed E-state index contributed by atoms with van der Waals surface area (Å²) in [6.45, 7) is 0. The van der Waals surface area contributed by atoms with Crippen molar-refractivity contribution >= 4 is 0 Å². The van der Waals surface area contributed by atoms with Crippen LogP contribution in [0.2, 0.25) is 0 Å². The zero-order valence-corrected chi connectivity index (χ0v) is 11.9. The SMILES string of the molecule is COc1cc([C@@H](O)Cc2cccc(O)c2)cc(O)c1OC. The highest BCUT2D eigenvalue weighted by Gasteiger charge is 2.16. The molecule has 0 aromatic heterocycles. The van der Waals surface area contributed by atoms with E-state index in [0.29, 0.717) is 17.7 Å². The van der Waals surface area contributed by atoms with E-state index >= 15 is 0 Å². The van der Waals surface area contributed by atoms with Gasteiger partial charge in [0.15, 0.2) is 11.5 Å². The first kappa shape index (κ1) is 15.0. The molecule has 0 radical (unpaired) electrons. The van der Waals surface area contributed by atoms with Gasteiger partial charge >= 0.3 is 0 Å². The zero-order chi connectivity index (χ0) is 15.4. The molecule has 2 rings (SSSR count). The van der Waals surface area contributed by atoms with Gasteiger partial charge in [-0.05, 0) is 35.4 Å². The van der Waals surface area contributed by atoms with Crippen LogP contribution in [-0.4, -0.2) is 29.5 Å². The number of hydrogen-bond donors (Lipinski definition) is 3. The van der Waals surface area contributed by atoms with Gasteiger partial charge in [0.1, 0.15) is 5.75 Å². The Hall–Kier alpha value is -2.40. The predicted octanol–water partition coefficient (Wildman–Crippen LogP) is 2.39. The normalized spacial score (nSPS) is 12.0. The van der Waals surface area contributed by atoms with Crippen LogP contribution < -0.4 is 9.47 Å². The van der Waals surface area contributed by atoms with Crippen LogP contribution in [0.4, 0.5) is 0 Å². The van der Waals surface area contributed by atoms with Gasteiger partial charge in [-0.2, -0.15) is 0 Å². The average Bonchev–Trinajstić information content (AvgIpc) is 2.46. The van der Waals surface area contributed by atoms with E-state index in [1.807, 2.05) is 6.07 Å². The maximum Gasteiger partial charge on any atom is 0.203 e. The second-order valence-electron chi connectivity index (χ2n) is 4.67. The third-order valence-electron chi connectivity index (χ3n) is 3.21. The average molecular weight is 290 g/mol. The van der Waals surface area contributed by atoms with Crippen molar-refractivity contribution in [3.63, 3.8) is 0 Å². The van der Waals surface area contributed by atoms with Gasteiger partial charge in [-0.1, -0.05) is 12.1 Å². The van der Waals surface area contributed by atoms with Crippen molar-refractivity contribution < 1.29 is 24.8 Å². The van der Waals surface area contributed by atoms with Crippen LogP contribution in [0, 0.1) is 0 Å². The molecule has 0 aliphatic heterocycles. The van der Waals surface area contributed by atoms with Crippen LogP contribution >= 0.6 is 0 Å². The van der Waals surface area contributed by atoms with E-state index < -0.39 is 6.10 Å². The van der Waals surface area contributed by atoms with Crippen LogP contribution in [0.15, 0.2) is 36.4 Å². The lowest BCUT2D eigenvalue weighted by atomic mass is 10.0. The van der Waals surface area contributed by atoms with Crippen molar-refractivity contribution in [2.24, 2.45) is 0 Å². The van der Waals surface area contributed by atoms with Crippen molar-refractivity contribution in [1.29, 1.82) is 0 Å². The fourth-order valence-corrected chi connectivity index (χ4v) is 2.18. The van der Waals surface area contributed by atoms with Gasteiger partial charge in [0.05, 0.1) is 20.3 Å². The number of phenols is 2. The topological polar surface area (TPSA) is 79.2 Å². The summed E-state index contributed by atoms with van der Waals surface area (Å²) in [6, 6.07) is 9.73. The van der Waals surface area contributed by atoms with Crippen molar-refractivity contribution in [3.05, 3.63) is 47.5 Å². The molecule has 112 valence electrons. The Kier molecular flexibility index (Phi) is 4.55. The monoisotopic (exact) mass is 290 g/mol. The van der Waals surface area contributed by atoms with Crippen LogP contribution in [-0.2, 0) is 6.42 Å². The van der Waals surface area contributed by atoms with Gasteiger partial charge in [-0.25, -0.2) is 0 Å². The molecule has 5 heteroatoms. The van der Waals surface area contributed by atoms with Gasteiger partial charge in [-0.3, -0.25) is 0 Å². The summed E-state index contributed by atoms with van der Waals surface area (Å²) < 4.78 is 10.2. The van der Waals surface area contributed by atoms with Crippen LogP contribution in [0.3, 0.4) is 0 Å². The molecule has 0 saturated heterocycles. The molecular weight excluding hydrogens is 272 g/mol. The molecule has 0 heterocycles. The van der Waals surface area contributed by atoms with Crippen molar-refractivity contribution in [1.82, 2.24) is 0 Å². The first-order valence-corrected chi connectivity index (χ1v) is 6.46. The number of ether oxygens (including phenoxy) is 2. The maximum absolute atomic E-state index is 10.3. The van der Waals surface area contributed by atoms with Crippen LogP contribution in [0.25, 0.3) is 0 Å². The lowest BCUT2D eigenvalue weighted by Gasteiger charge is -2.15. The minimum Gasteiger partial charge on any atom is -0.508 e. The molecule has 0 saturated carbocycles. The number of phenolic OH excluding ortho intramolecular Hbond substituents is 2. The number of benzene rings is 2. The molecule has 0 aliphatic carbocycles. The van der Waals surface area contributed by atoms with E-state index in [2.05, 4.69) is 0 Å². The molecule has 3 N–H and O–H groups in total. The summed E-state index contributed by atoms with van der Waals surface area (Å²) >= 11 is 0. The van der Waals surface area contributed by atoms with E-state index in [0.717, 1.165) is 5.56 Å². The van der Waals surface area contributed by atoms with E-state index in [1.165, 1.54) is 20.3 Å². The van der Waals surface area contributed by atoms with Gasteiger partial charge in [0, 0.05) is 6.42 Å². The summed E-state index contributed by atoms with van der Waals surface area (Å²) in [4.78, 5) is 0. The molecule has 0 aliphatic rings. The molecule has 2 aromatic rings. The second kappa shape index (κ2) is 6.37. The highest BCUT2D eigenvalue weighted by molar-refractivity contribution is 5.53. The number of aliphatic hydroxyl groups excluding tert-OH is 1. The Morgan fingerprint density at radius 1 is 1.05 bits per heavy atom. The first-order chi connectivity index (χ1) is 10.0. The van der Waals surface area contributed by atoms with Gasteiger partial charge in [0.2, 0.25) is 5.75 Å². The Morgan fingerprint density at radius 3 is 2.43 bits per heavy atom. The summed E-state index contributed by atoms with van der Waals surface area (Å²) in [5, 5.41) is 29.6. The minimum absolute atomic E-state index is 0.0955. The third-order valence-corrected chi connectivity index (χ3v) is 3.21. The van der Waals surface area contributed by atoms with E-state index in [-0.39, 0.29) is 17.2 Å². The standard InChI is InChI=1S/C16H18O5/c1-20-15-9-11(8-14(19)16(15)21-2)13(18)7-10-4-3-5-12(17)6-10/h3-6,8-9,13,17-19H,7H2,1-2H3/t13-/m0/s1. The molecule has 0 spiro atoms. The lowest BCUT2D eigenvalue weighted by Crippen LogP contribution is -2.03. The highest BCUT2D eigenvalue weighted by Crippen LogP contribution is 2.39.